The van der Waals surface area contributed by atoms with Crippen LogP contribution in [0.15, 0.2) is 12.7 Å². The molecule has 2 saturated heterocycles. The molecule has 0 unspecified atom stereocenters. The van der Waals surface area contributed by atoms with E-state index in [1.54, 1.807) is 14.0 Å². The number of amides is 1. The average Bonchev–Trinajstić information content (AvgIpc) is 2.91. The van der Waals surface area contributed by atoms with E-state index in [0.717, 1.165) is 19.3 Å². The predicted octanol–water partition coefficient (Wildman–Crippen LogP) is -2.30. The van der Waals surface area contributed by atoms with Crippen molar-refractivity contribution >= 4 is 5.91 Å². The van der Waals surface area contributed by atoms with Gasteiger partial charge in [0.05, 0.1) is 38.1 Å². The number of nitrogens with zero attached hydrogens (tertiary/aromatic N) is 1. The molecule has 38 heavy (non-hydrogen) atoms. The first kappa shape index (κ1) is 33.0. The molecule has 7 N–H and O–H groups in total. The number of hydrogen-bond donors (Lipinski definition) is 7. The third kappa shape index (κ3) is 9.45. The smallest absolute Gasteiger partial charge is 0.219 e. The third-order valence-electron chi connectivity index (χ3n) is 7.06. The number of unbranched alkanes of at least 4 members (excludes halogenated alkanes) is 2. The Hall–Kier alpha value is -1.23. The first-order chi connectivity index (χ1) is 18.1. The van der Waals surface area contributed by atoms with Crippen molar-refractivity contribution in [2.75, 3.05) is 46.5 Å². The van der Waals surface area contributed by atoms with Crippen molar-refractivity contribution in [3.05, 3.63) is 12.7 Å². The van der Waals surface area contributed by atoms with E-state index in [-0.39, 0.29) is 25.7 Å². The summed E-state index contributed by atoms with van der Waals surface area (Å²) in [6.45, 7) is 6.64. The molecule has 0 spiro atoms. The van der Waals surface area contributed by atoms with Gasteiger partial charge in [-0.2, -0.15) is 0 Å². The second kappa shape index (κ2) is 16.8. The van der Waals surface area contributed by atoms with Gasteiger partial charge in [0.25, 0.3) is 0 Å². The standard InChI is InChI=1S/C25H46N2O11/c1-4-16-17(14-28)38-25(22(33)20(16)31)36-13-11-27(9-7-5-6-8-18(29)26-3)10-12-35-24-23(34)21(32)19(30)15(2)37-24/h4,15-17,19-25,28,30-34H,1,5-14H2,2-3H3,(H,26,29)/t15-,16+,17+,19+,20-,21+,22-,23-,24+,25-/m0/s1. The predicted molar refractivity (Wildman–Crippen MR) is 135 cm³/mol. The van der Waals surface area contributed by atoms with Gasteiger partial charge in [0.1, 0.15) is 24.4 Å². The SMILES string of the molecule is C=C[C@H]1[C@H](O)[C@H](O)[C@@H](OCCN(CCCCCC(=O)NC)CCO[C@@H]2O[C@@H](C)[C@@H](O)[C@@H](O)[C@@H]2O)O[C@@H]1CO. The monoisotopic (exact) mass is 550 g/mol. The van der Waals surface area contributed by atoms with Crippen LogP contribution >= 0.6 is 0 Å². The van der Waals surface area contributed by atoms with Crippen LogP contribution in [0.2, 0.25) is 0 Å². The summed E-state index contributed by atoms with van der Waals surface area (Å²) < 4.78 is 22.5. The Labute approximate surface area is 223 Å². The largest absolute Gasteiger partial charge is 0.394 e. The van der Waals surface area contributed by atoms with E-state index < -0.39 is 61.2 Å². The van der Waals surface area contributed by atoms with Gasteiger partial charge >= 0.3 is 0 Å². The zero-order valence-electron chi connectivity index (χ0n) is 22.3. The Morgan fingerprint density at radius 1 is 0.895 bits per heavy atom. The van der Waals surface area contributed by atoms with Crippen molar-refractivity contribution < 1.29 is 54.4 Å². The molecule has 0 aromatic rings. The third-order valence-corrected chi connectivity index (χ3v) is 7.06. The maximum atomic E-state index is 11.4. The number of hydrogen-bond acceptors (Lipinski definition) is 12. The van der Waals surface area contributed by atoms with Gasteiger partial charge in [0.2, 0.25) is 5.91 Å². The van der Waals surface area contributed by atoms with Crippen molar-refractivity contribution in [2.24, 2.45) is 5.92 Å². The molecular formula is C25H46N2O11. The molecular weight excluding hydrogens is 504 g/mol. The minimum atomic E-state index is -1.39. The Morgan fingerprint density at radius 2 is 1.50 bits per heavy atom. The van der Waals surface area contributed by atoms with Crippen molar-refractivity contribution in [2.45, 2.75) is 87.9 Å². The minimum Gasteiger partial charge on any atom is -0.394 e. The lowest BCUT2D eigenvalue weighted by Crippen LogP contribution is -2.57. The summed E-state index contributed by atoms with van der Waals surface area (Å²) in [5.74, 6) is -0.637. The quantitative estimate of drug-likeness (QED) is 0.0805. The molecule has 1 amide bonds. The number of carbonyl (C=O) groups is 1. The van der Waals surface area contributed by atoms with Gasteiger partial charge in [-0.15, -0.1) is 6.58 Å². The maximum Gasteiger partial charge on any atom is 0.219 e. The second-order valence-corrected chi connectivity index (χ2v) is 9.77. The summed E-state index contributed by atoms with van der Waals surface area (Å²) in [5, 5.41) is 62.9. The molecule has 13 nitrogen and oxygen atoms in total. The molecule has 2 aliphatic rings. The summed E-state index contributed by atoms with van der Waals surface area (Å²) in [6, 6.07) is 0. The molecule has 0 bridgehead atoms. The Morgan fingerprint density at radius 3 is 2.08 bits per heavy atom. The van der Waals surface area contributed by atoms with E-state index in [9.17, 15) is 35.4 Å². The van der Waals surface area contributed by atoms with Crippen LogP contribution in [-0.2, 0) is 23.7 Å². The van der Waals surface area contributed by atoms with Crippen LogP contribution in [0.4, 0.5) is 0 Å². The number of aliphatic hydroxyl groups is 6. The van der Waals surface area contributed by atoms with E-state index in [0.29, 0.717) is 26.1 Å². The van der Waals surface area contributed by atoms with E-state index in [1.807, 2.05) is 4.90 Å². The lowest BCUT2D eigenvalue weighted by Gasteiger charge is -2.41. The number of nitrogens with one attached hydrogen (secondary N) is 1. The maximum absolute atomic E-state index is 11.4. The van der Waals surface area contributed by atoms with Gasteiger partial charge in [0, 0.05) is 32.5 Å². The van der Waals surface area contributed by atoms with E-state index in [4.69, 9.17) is 18.9 Å². The Balaban J connectivity index is 1.86. The molecule has 0 saturated carbocycles. The highest BCUT2D eigenvalue weighted by Gasteiger charge is 2.44. The van der Waals surface area contributed by atoms with Gasteiger partial charge < -0.3 is 54.9 Å². The molecule has 2 aliphatic heterocycles. The molecule has 0 aliphatic carbocycles. The summed E-state index contributed by atoms with van der Waals surface area (Å²) >= 11 is 0. The molecule has 222 valence electrons. The molecule has 10 atom stereocenters. The number of ether oxygens (including phenoxy) is 4. The lowest BCUT2D eigenvalue weighted by molar-refractivity contribution is -0.293. The molecule has 13 heteroatoms. The van der Waals surface area contributed by atoms with E-state index >= 15 is 0 Å². The van der Waals surface area contributed by atoms with Crippen LogP contribution in [-0.4, -0.2) is 143 Å². The summed E-state index contributed by atoms with van der Waals surface area (Å²) in [4.78, 5) is 13.5. The van der Waals surface area contributed by atoms with Crippen molar-refractivity contribution in [3.63, 3.8) is 0 Å². The van der Waals surface area contributed by atoms with Gasteiger partial charge in [-0.3, -0.25) is 9.69 Å². The van der Waals surface area contributed by atoms with Gasteiger partial charge in [-0.1, -0.05) is 12.5 Å². The molecule has 0 aromatic carbocycles. The zero-order valence-corrected chi connectivity index (χ0v) is 22.3. The van der Waals surface area contributed by atoms with Crippen LogP contribution in [0, 0.1) is 5.92 Å². The zero-order chi connectivity index (χ0) is 28.2. The van der Waals surface area contributed by atoms with Crippen LogP contribution in [0.5, 0.6) is 0 Å². The first-order valence-corrected chi connectivity index (χ1v) is 13.2. The van der Waals surface area contributed by atoms with Crippen LogP contribution in [0.25, 0.3) is 0 Å². The second-order valence-electron chi connectivity index (χ2n) is 9.77. The Kier molecular flexibility index (Phi) is 14.6. The van der Waals surface area contributed by atoms with Crippen molar-refractivity contribution in [1.82, 2.24) is 10.2 Å². The topological polar surface area (TPSA) is 191 Å². The molecule has 2 rings (SSSR count). The number of aliphatic hydroxyl groups excluding tert-OH is 6. The van der Waals surface area contributed by atoms with Crippen molar-refractivity contribution in [1.29, 1.82) is 0 Å². The fourth-order valence-corrected chi connectivity index (χ4v) is 4.55. The fraction of sp³-hybridized carbons (Fsp3) is 0.880. The normalized spacial score (nSPS) is 35.8. The highest BCUT2D eigenvalue weighted by molar-refractivity contribution is 5.75. The molecule has 2 fully saturated rings. The molecule has 0 radical (unpaired) electrons. The van der Waals surface area contributed by atoms with Gasteiger partial charge in [-0.05, 0) is 26.3 Å². The molecule has 2 heterocycles. The summed E-state index contributed by atoms with van der Waals surface area (Å²) in [7, 11) is 1.60. The van der Waals surface area contributed by atoms with E-state index in [2.05, 4.69) is 11.9 Å². The highest BCUT2D eigenvalue weighted by Crippen LogP contribution is 2.27. The van der Waals surface area contributed by atoms with Gasteiger partial charge in [0.15, 0.2) is 12.6 Å². The Bertz CT molecular complexity index is 700. The highest BCUT2D eigenvalue weighted by atomic mass is 16.7. The summed E-state index contributed by atoms with van der Waals surface area (Å²) in [6.07, 6.45) is -5.89. The van der Waals surface area contributed by atoms with Crippen LogP contribution < -0.4 is 5.32 Å². The minimum absolute atomic E-state index is 0.00988. The number of carbonyl (C=O) groups excluding carboxylic acids is 1. The number of rotatable bonds is 16. The van der Waals surface area contributed by atoms with Gasteiger partial charge in [-0.25, -0.2) is 0 Å². The lowest BCUT2D eigenvalue weighted by atomic mass is 9.89. The first-order valence-electron chi connectivity index (χ1n) is 13.2. The van der Waals surface area contributed by atoms with Crippen molar-refractivity contribution in [3.8, 4) is 0 Å². The van der Waals surface area contributed by atoms with Crippen LogP contribution in [0.3, 0.4) is 0 Å². The summed E-state index contributed by atoms with van der Waals surface area (Å²) in [5.41, 5.74) is 0. The average molecular weight is 551 g/mol. The molecule has 0 aromatic heterocycles. The van der Waals surface area contributed by atoms with E-state index in [1.165, 1.54) is 6.08 Å². The van der Waals surface area contributed by atoms with Crippen LogP contribution in [0.1, 0.15) is 32.6 Å². The fourth-order valence-electron chi connectivity index (χ4n) is 4.55.